The molecule has 25 heavy (non-hydrogen) atoms. The van der Waals surface area contributed by atoms with Crippen LogP contribution in [0.25, 0.3) is 0 Å². The number of nitrogens with zero attached hydrogens (tertiary/aromatic N) is 3. The molecule has 144 valence electrons. The van der Waals surface area contributed by atoms with Crippen LogP contribution in [0.5, 0.6) is 0 Å². The van der Waals surface area contributed by atoms with E-state index in [1.807, 2.05) is 13.8 Å². The molecule has 0 aliphatic carbocycles. The van der Waals surface area contributed by atoms with Gasteiger partial charge >= 0.3 is 0 Å². The normalized spacial score (nSPS) is 25.3. The average Bonchev–Trinajstić information content (AvgIpc) is 2.76. The Bertz CT molecular complexity index is 684. The van der Waals surface area contributed by atoms with Crippen molar-refractivity contribution in [3.05, 3.63) is 11.3 Å². The van der Waals surface area contributed by atoms with E-state index in [1.54, 1.807) is 4.31 Å². The molecular formula is C19H35N3O2S. The van der Waals surface area contributed by atoms with Crippen LogP contribution in [-0.2, 0) is 10.0 Å². The molecule has 0 bridgehead atoms. The number of fused-ring (bicyclic) bond motifs is 1. The van der Waals surface area contributed by atoms with Crippen molar-refractivity contribution in [2.75, 3.05) is 12.8 Å². The zero-order chi connectivity index (χ0) is 19.3. The van der Waals surface area contributed by atoms with Crippen molar-refractivity contribution >= 4 is 15.9 Å². The minimum atomic E-state index is -3.25. The van der Waals surface area contributed by atoms with Gasteiger partial charge in [-0.25, -0.2) is 8.42 Å². The Kier molecular flexibility index (Phi) is 5.47. The Morgan fingerprint density at radius 1 is 1.20 bits per heavy atom. The first-order chi connectivity index (χ1) is 11.2. The molecule has 5 nitrogen and oxygen atoms in total. The third-order valence-electron chi connectivity index (χ3n) is 5.06. The van der Waals surface area contributed by atoms with Gasteiger partial charge in [0.15, 0.2) is 0 Å². The van der Waals surface area contributed by atoms with Gasteiger partial charge in [0.2, 0.25) is 10.0 Å². The molecule has 0 unspecified atom stereocenters. The summed E-state index contributed by atoms with van der Waals surface area (Å²) in [7, 11) is -3.25. The number of aliphatic imine (C=N–C) groups is 1. The summed E-state index contributed by atoms with van der Waals surface area (Å²) in [5.74, 6) is 1.42. The number of amidine groups is 1. The second kappa shape index (κ2) is 6.69. The van der Waals surface area contributed by atoms with Crippen LogP contribution in [0.15, 0.2) is 16.3 Å². The van der Waals surface area contributed by atoms with E-state index in [9.17, 15) is 8.42 Å². The summed E-state index contributed by atoms with van der Waals surface area (Å²) in [5, 5.41) is 0. The summed E-state index contributed by atoms with van der Waals surface area (Å²) in [5.41, 5.74) is 2.65. The third-order valence-corrected chi connectivity index (χ3v) is 6.54. The molecule has 2 aliphatic rings. The zero-order valence-corrected chi connectivity index (χ0v) is 18.1. The van der Waals surface area contributed by atoms with Gasteiger partial charge in [0.05, 0.1) is 12.3 Å². The number of sulfonamides is 1. The van der Waals surface area contributed by atoms with Crippen LogP contribution in [0.1, 0.15) is 61.8 Å². The van der Waals surface area contributed by atoms with Crippen LogP contribution in [0.4, 0.5) is 0 Å². The lowest BCUT2D eigenvalue weighted by atomic mass is 9.79. The Labute approximate surface area is 154 Å². The minimum Gasteiger partial charge on any atom is -0.332 e. The largest absolute Gasteiger partial charge is 0.332 e. The molecule has 0 spiro atoms. The van der Waals surface area contributed by atoms with E-state index in [1.165, 1.54) is 17.5 Å². The van der Waals surface area contributed by atoms with Gasteiger partial charge in [0.1, 0.15) is 5.84 Å². The zero-order valence-electron chi connectivity index (χ0n) is 17.3. The van der Waals surface area contributed by atoms with Gasteiger partial charge < -0.3 is 4.90 Å². The van der Waals surface area contributed by atoms with Crippen molar-refractivity contribution in [1.29, 1.82) is 0 Å². The Balaban J connectivity index is 2.54. The topological polar surface area (TPSA) is 53.0 Å². The monoisotopic (exact) mass is 369 g/mol. The van der Waals surface area contributed by atoms with Gasteiger partial charge in [-0.05, 0) is 31.8 Å². The van der Waals surface area contributed by atoms with Crippen molar-refractivity contribution in [2.45, 2.75) is 79.9 Å². The highest BCUT2D eigenvalue weighted by Crippen LogP contribution is 2.42. The molecule has 2 heterocycles. The fraction of sp³-hybridized carbons (Fsp3) is 0.842. The van der Waals surface area contributed by atoms with E-state index in [2.05, 4.69) is 46.4 Å². The molecule has 0 amide bonds. The van der Waals surface area contributed by atoms with E-state index in [0.29, 0.717) is 12.5 Å². The second-order valence-electron chi connectivity index (χ2n) is 9.08. The van der Waals surface area contributed by atoms with Gasteiger partial charge in [0.25, 0.3) is 0 Å². The molecule has 0 saturated carbocycles. The predicted octanol–water partition coefficient (Wildman–Crippen LogP) is 3.49. The molecule has 0 N–H and O–H groups in total. The maximum absolute atomic E-state index is 12.4. The van der Waals surface area contributed by atoms with Crippen LogP contribution < -0.4 is 0 Å². The molecule has 2 atom stereocenters. The molecular weight excluding hydrogens is 334 g/mol. The molecule has 6 heteroatoms. The highest BCUT2D eigenvalue weighted by atomic mass is 32.2. The first-order valence-corrected chi connectivity index (χ1v) is 11.2. The average molecular weight is 370 g/mol. The second-order valence-corrected chi connectivity index (χ2v) is 11.0. The summed E-state index contributed by atoms with van der Waals surface area (Å²) < 4.78 is 26.5. The summed E-state index contributed by atoms with van der Waals surface area (Å²) in [6, 6.07) is 0.0710. The van der Waals surface area contributed by atoms with E-state index in [-0.39, 0.29) is 23.5 Å². The maximum Gasteiger partial charge on any atom is 0.211 e. The fourth-order valence-electron chi connectivity index (χ4n) is 4.55. The smallest absolute Gasteiger partial charge is 0.211 e. The van der Waals surface area contributed by atoms with Crippen molar-refractivity contribution in [3.8, 4) is 0 Å². The predicted molar refractivity (Wildman–Crippen MR) is 105 cm³/mol. The van der Waals surface area contributed by atoms with Gasteiger partial charge in [-0.2, -0.15) is 4.31 Å². The molecule has 1 saturated heterocycles. The summed E-state index contributed by atoms with van der Waals surface area (Å²) in [4.78, 5) is 7.29. The number of rotatable bonds is 4. The summed E-state index contributed by atoms with van der Waals surface area (Å²) >= 11 is 0. The maximum atomic E-state index is 12.4. The van der Waals surface area contributed by atoms with E-state index >= 15 is 0 Å². The standard InChI is InChI=1S/C19H35N3O2S/c1-12(2)18-20-14(5)17(19(6,7)8)16-10-15(11-21(16)18)22(13(3)4)25(9,23)24/h12-15H,10-11H2,1-9H3/t14-,15-/m0/s1. The molecule has 1 fully saturated rings. The van der Waals surface area contributed by atoms with Gasteiger partial charge in [-0.3, -0.25) is 4.99 Å². The van der Waals surface area contributed by atoms with Crippen molar-refractivity contribution in [3.63, 3.8) is 0 Å². The van der Waals surface area contributed by atoms with Crippen LogP contribution in [0, 0.1) is 11.3 Å². The SMILES string of the molecule is CC(C)C1=N[C@@H](C)C(C(C)(C)C)=C2C[C@H](N(C(C)C)S(C)(=O)=O)CN12. The van der Waals surface area contributed by atoms with Gasteiger partial charge in [-0.15, -0.1) is 0 Å². The lowest BCUT2D eigenvalue weighted by Gasteiger charge is -2.38. The summed E-state index contributed by atoms with van der Waals surface area (Å²) in [6.07, 6.45) is 2.09. The Morgan fingerprint density at radius 2 is 1.76 bits per heavy atom. The van der Waals surface area contributed by atoms with Crippen LogP contribution in [0.3, 0.4) is 0 Å². The molecule has 0 aromatic carbocycles. The quantitative estimate of drug-likeness (QED) is 0.762. The lowest BCUT2D eigenvalue weighted by Crippen LogP contribution is -2.46. The van der Waals surface area contributed by atoms with Crippen LogP contribution >= 0.6 is 0 Å². The minimum absolute atomic E-state index is 0.0155. The van der Waals surface area contributed by atoms with Crippen molar-refractivity contribution < 1.29 is 8.42 Å². The van der Waals surface area contributed by atoms with E-state index in [4.69, 9.17) is 4.99 Å². The Morgan fingerprint density at radius 3 is 2.16 bits per heavy atom. The highest BCUT2D eigenvalue weighted by Gasteiger charge is 2.44. The van der Waals surface area contributed by atoms with E-state index in [0.717, 1.165) is 12.3 Å². The van der Waals surface area contributed by atoms with E-state index < -0.39 is 10.0 Å². The first kappa shape index (κ1) is 20.4. The van der Waals surface area contributed by atoms with Crippen LogP contribution in [0.2, 0.25) is 0 Å². The fourth-order valence-corrected chi connectivity index (χ4v) is 5.99. The highest BCUT2D eigenvalue weighted by molar-refractivity contribution is 7.88. The first-order valence-electron chi connectivity index (χ1n) is 9.32. The van der Waals surface area contributed by atoms with Gasteiger partial charge in [0, 0.05) is 36.7 Å². The van der Waals surface area contributed by atoms with Crippen LogP contribution in [-0.4, -0.2) is 54.4 Å². The van der Waals surface area contributed by atoms with Crippen molar-refractivity contribution in [1.82, 2.24) is 9.21 Å². The lowest BCUT2D eigenvalue weighted by molar-refractivity contribution is 0.278. The number of hydrogen-bond donors (Lipinski definition) is 0. The molecule has 0 aromatic rings. The molecule has 0 radical (unpaired) electrons. The van der Waals surface area contributed by atoms with Crippen molar-refractivity contribution in [2.24, 2.45) is 16.3 Å². The molecule has 0 aromatic heterocycles. The Hall–Kier alpha value is -0.880. The number of hydrogen-bond acceptors (Lipinski definition) is 4. The summed E-state index contributed by atoms with van der Waals surface area (Å²) in [6.45, 7) is 17.8. The van der Waals surface area contributed by atoms with Gasteiger partial charge in [-0.1, -0.05) is 34.6 Å². The molecule has 2 aliphatic heterocycles. The molecule has 2 rings (SSSR count). The third kappa shape index (κ3) is 3.95.